The Bertz CT molecular complexity index is 927. The van der Waals surface area contributed by atoms with E-state index in [0.29, 0.717) is 16.4 Å². The maximum absolute atomic E-state index is 13.8. The zero-order chi connectivity index (χ0) is 24.0. The number of hydrogen-bond donors (Lipinski definition) is 1. The number of nitrogens with two attached hydrogens (primary N) is 1. The molecule has 0 saturated heterocycles. The average Bonchev–Trinajstić information content (AvgIpc) is 3.16. The van der Waals surface area contributed by atoms with Crippen molar-refractivity contribution in [3.8, 4) is 11.3 Å². The van der Waals surface area contributed by atoms with Gasteiger partial charge in [-0.3, -0.25) is 14.7 Å². The highest BCUT2D eigenvalue weighted by molar-refractivity contribution is 7.15. The van der Waals surface area contributed by atoms with Gasteiger partial charge in [-0.1, -0.05) is 24.3 Å². The molecule has 3 aromatic rings. The molecule has 1 aromatic carbocycles. The van der Waals surface area contributed by atoms with Crippen molar-refractivity contribution in [3.63, 3.8) is 0 Å². The smallest absolute Gasteiger partial charge is 0.232 e. The second kappa shape index (κ2) is 14.6. The van der Waals surface area contributed by atoms with Crippen molar-refractivity contribution in [3.05, 3.63) is 64.5 Å². The summed E-state index contributed by atoms with van der Waals surface area (Å²) in [6.45, 7) is 7.92. The van der Waals surface area contributed by atoms with E-state index in [-0.39, 0.29) is 18.1 Å². The van der Waals surface area contributed by atoms with Crippen molar-refractivity contribution in [2.45, 2.75) is 20.3 Å². The van der Waals surface area contributed by atoms with Crippen molar-refractivity contribution >= 4 is 36.0 Å². The van der Waals surface area contributed by atoms with E-state index in [4.69, 9.17) is 9.59 Å². The van der Waals surface area contributed by atoms with E-state index in [1.165, 1.54) is 24.5 Å². The Morgan fingerprint density at radius 2 is 1.68 bits per heavy atom. The molecular formula is C22H27FN4O3S. The van der Waals surface area contributed by atoms with E-state index in [9.17, 15) is 9.18 Å². The van der Waals surface area contributed by atoms with Gasteiger partial charge in [-0.05, 0) is 38.6 Å². The minimum absolute atomic E-state index is 0.0366. The summed E-state index contributed by atoms with van der Waals surface area (Å²) >= 11 is 1.51. The second-order valence-corrected chi connectivity index (χ2v) is 6.98. The topological polar surface area (TPSA) is 106 Å². The Labute approximate surface area is 185 Å². The number of likely N-dealkylation sites (N-methyl/N-ethyl adjacent to an activating group) is 1. The monoisotopic (exact) mass is 446 g/mol. The van der Waals surface area contributed by atoms with E-state index in [0.717, 1.165) is 16.1 Å². The predicted molar refractivity (Wildman–Crippen MR) is 123 cm³/mol. The van der Waals surface area contributed by atoms with Crippen molar-refractivity contribution < 1.29 is 18.8 Å². The number of pyridine rings is 1. The fourth-order valence-electron chi connectivity index (χ4n) is 2.38. The van der Waals surface area contributed by atoms with Gasteiger partial charge in [0.1, 0.15) is 25.1 Å². The van der Waals surface area contributed by atoms with E-state index >= 15 is 0 Å². The van der Waals surface area contributed by atoms with Crippen LogP contribution in [0.3, 0.4) is 0 Å². The molecule has 0 unspecified atom stereocenters. The van der Waals surface area contributed by atoms with Crippen molar-refractivity contribution in [1.29, 1.82) is 0 Å². The quantitative estimate of drug-likeness (QED) is 0.659. The van der Waals surface area contributed by atoms with Crippen LogP contribution < -0.4 is 10.6 Å². The highest BCUT2D eigenvalue weighted by Gasteiger charge is 2.16. The zero-order valence-electron chi connectivity index (χ0n) is 18.1. The summed E-state index contributed by atoms with van der Waals surface area (Å²) in [5, 5.41) is 0.701. The van der Waals surface area contributed by atoms with E-state index in [1.54, 1.807) is 36.3 Å². The van der Waals surface area contributed by atoms with Crippen LogP contribution in [0.4, 0.5) is 9.52 Å². The van der Waals surface area contributed by atoms with Crippen molar-refractivity contribution in [1.82, 2.24) is 9.97 Å². The first kappa shape index (κ1) is 27.7. The van der Waals surface area contributed by atoms with E-state index in [2.05, 4.69) is 15.7 Å². The molecule has 0 fully saturated rings. The van der Waals surface area contributed by atoms with Crippen LogP contribution in [0.25, 0.3) is 11.3 Å². The molecule has 0 aliphatic heterocycles. The first-order valence-electron chi connectivity index (χ1n) is 9.01. The fourth-order valence-corrected chi connectivity index (χ4v) is 3.27. The molecule has 7 nitrogen and oxygen atoms in total. The summed E-state index contributed by atoms with van der Waals surface area (Å²) in [6.07, 6.45) is 1.82. The minimum Gasteiger partial charge on any atom is -0.333 e. The molecule has 31 heavy (non-hydrogen) atoms. The van der Waals surface area contributed by atoms with E-state index in [1.807, 2.05) is 39.6 Å². The third-order valence-electron chi connectivity index (χ3n) is 4.02. The Balaban J connectivity index is 0.00000138. The highest BCUT2D eigenvalue weighted by atomic mass is 32.1. The first-order valence-corrected chi connectivity index (χ1v) is 9.83. The normalized spacial score (nSPS) is 9.10. The number of hydrogen-bond acceptors (Lipinski definition) is 7. The predicted octanol–water partition coefficient (Wildman–Crippen LogP) is 3.37. The van der Waals surface area contributed by atoms with Gasteiger partial charge in [-0.2, -0.15) is 0 Å². The van der Waals surface area contributed by atoms with Crippen molar-refractivity contribution in [2.75, 3.05) is 19.0 Å². The summed E-state index contributed by atoms with van der Waals surface area (Å²) in [4.78, 5) is 39.6. The number of anilines is 1. The standard InChI is InChI=1S/C19H18FN3OS.CH5N.2CH2O/c1-12-13(2)25-19(22-12)23(3)17(24)11-14-6-8-15(9-7-14)18-16(20)5-4-10-21-18;3*1-2/h4-10H,11H2,1-3H3;2H2,1H3;2*1H2. The van der Waals surface area contributed by atoms with Gasteiger partial charge in [0.05, 0.1) is 12.1 Å². The van der Waals surface area contributed by atoms with Gasteiger partial charge in [-0.25, -0.2) is 9.37 Å². The molecule has 0 atom stereocenters. The van der Waals surface area contributed by atoms with Crippen LogP contribution >= 0.6 is 11.3 Å². The lowest BCUT2D eigenvalue weighted by Crippen LogP contribution is -2.27. The number of benzene rings is 1. The number of aryl methyl sites for hydroxylation is 2. The molecule has 9 heteroatoms. The molecule has 2 aromatic heterocycles. The molecule has 1 amide bonds. The lowest BCUT2D eigenvalue weighted by atomic mass is 10.1. The molecule has 0 aliphatic carbocycles. The summed E-state index contributed by atoms with van der Waals surface area (Å²) < 4.78 is 13.8. The number of halogens is 1. The minimum atomic E-state index is -0.361. The first-order chi connectivity index (χ1) is 15.0. The van der Waals surface area contributed by atoms with Gasteiger partial charge < -0.3 is 15.3 Å². The van der Waals surface area contributed by atoms with Crippen molar-refractivity contribution in [2.24, 2.45) is 5.73 Å². The summed E-state index contributed by atoms with van der Waals surface area (Å²) in [6, 6.07) is 10.2. The number of carbonyl (C=O) groups is 3. The molecular weight excluding hydrogens is 419 g/mol. The van der Waals surface area contributed by atoms with Crippen LogP contribution in [-0.2, 0) is 20.8 Å². The fraction of sp³-hybridized carbons (Fsp3) is 0.227. The molecule has 166 valence electrons. The molecule has 0 aliphatic rings. The van der Waals surface area contributed by atoms with Gasteiger partial charge in [0.15, 0.2) is 5.13 Å². The van der Waals surface area contributed by atoms with Crippen LogP contribution in [0.2, 0.25) is 0 Å². The number of nitrogens with zero attached hydrogens (tertiary/aromatic N) is 3. The van der Waals surface area contributed by atoms with Gasteiger partial charge in [0.2, 0.25) is 5.91 Å². The third kappa shape index (κ3) is 7.80. The molecule has 3 rings (SSSR count). The Hall–Kier alpha value is -3.30. The highest BCUT2D eigenvalue weighted by Crippen LogP contribution is 2.25. The summed E-state index contributed by atoms with van der Waals surface area (Å²) in [7, 11) is 3.23. The van der Waals surface area contributed by atoms with Gasteiger partial charge >= 0.3 is 0 Å². The van der Waals surface area contributed by atoms with E-state index < -0.39 is 0 Å². The van der Waals surface area contributed by atoms with Crippen LogP contribution in [0.1, 0.15) is 16.1 Å². The lowest BCUT2D eigenvalue weighted by molar-refractivity contribution is -0.117. The maximum atomic E-state index is 13.8. The van der Waals surface area contributed by atoms with Crippen LogP contribution in [0, 0.1) is 19.7 Å². The average molecular weight is 447 g/mol. The zero-order valence-corrected chi connectivity index (χ0v) is 18.9. The molecule has 2 N–H and O–H groups in total. The van der Waals surface area contributed by atoms with Crippen LogP contribution in [-0.4, -0.2) is 43.5 Å². The van der Waals surface area contributed by atoms with Crippen LogP contribution in [0.15, 0.2) is 42.6 Å². The largest absolute Gasteiger partial charge is 0.333 e. The number of amides is 1. The molecule has 2 heterocycles. The Morgan fingerprint density at radius 1 is 1.10 bits per heavy atom. The SMILES string of the molecule is C=O.C=O.CN.Cc1nc(N(C)C(=O)Cc2ccc(-c3ncccc3F)cc2)sc1C. The number of carbonyl (C=O) groups excluding carboxylic acids is 3. The number of rotatable bonds is 4. The van der Waals surface area contributed by atoms with Gasteiger partial charge in [-0.15, -0.1) is 11.3 Å². The Kier molecular flexibility index (Phi) is 13.1. The third-order valence-corrected chi connectivity index (χ3v) is 5.17. The van der Waals surface area contributed by atoms with Gasteiger partial charge in [0, 0.05) is 23.7 Å². The number of thiazole rings is 1. The van der Waals surface area contributed by atoms with Gasteiger partial charge in [0.25, 0.3) is 0 Å². The maximum Gasteiger partial charge on any atom is 0.232 e. The lowest BCUT2D eigenvalue weighted by Gasteiger charge is -2.14. The Morgan fingerprint density at radius 3 is 2.16 bits per heavy atom. The molecule has 0 bridgehead atoms. The molecule has 0 spiro atoms. The summed E-state index contributed by atoms with van der Waals surface area (Å²) in [5.74, 6) is -0.397. The number of aromatic nitrogens is 2. The molecule has 0 radical (unpaired) electrons. The van der Waals surface area contributed by atoms with Crippen LogP contribution in [0.5, 0.6) is 0 Å². The second-order valence-electron chi connectivity index (χ2n) is 5.80. The molecule has 0 saturated carbocycles. The summed E-state index contributed by atoms with van der Waals surface area (Å²) in [5.41, 5.74) is 7.31.